The molecule has 2 fully saturated rings. The normalized spacial score (nSPS) is 21.6. The van der Waals surface area contributed by atoms with Crippen molar-refractivity contribution in [3.8, 4) is 11.5 Å². The van der Waals surface area contributed by atoms with E-state index < -0.39 is 6.10 Å². The highest BCUT2D eigenvalue weighted by atomic mass is 16.6. The van der Waals surface area contributed by atoms with Gasteiger partial charge < -0.3 is 19.5 Å². The fourth-order valence-electron chi connectivity index (χ4n) is 2.20. The average Bonchev–Trinajstić information content (AvgIpc) is 3.21. The number of ether oxygens (including phenoxy) is 3. The number of cyclic esters (lactones) is 1. The predicted molar refractivity (Wildman–Crippen MR) is 72.8 cm³/mol. The third-order valence-electron chi connectivity index (χ3n) is 3.59. The monoisotopic (exact) mass is 277 g/mol. The van der Waals surface area contributed by atoms with E-state index in [4.69, 9.17) is 14.2 Å². The SMILES string of the molecule is COc1ccc(CNC2CC2)c(OC2CCOC2=O)c1. The lowest BCUT2D eigenvalue weighted by Crippen LogP contribution is -2.23. The second kappa shape index (κ2) is 5.71. The number of benzene rings is 1. The van der Waals surface area contributed by atoms with Crippen molar-refractivity contribution in [1.82, 2.24) is 5.32 Å². The van der Waals surface area contributed by atoms with Crippen LogP contribution < -0.4 is 14.8 Å². The first kappa shape index (κ1) is 13.2. The molecule has 108 valence electrons. The lowest BCUT2D eigenvalue weighted by Gasteiger charge is -2.15. The summed E-state index contributed by atoms with van der Waals surface area (Å²) < 4.78 is 16.0. The highest BCUT2D eigenvalue weighted by Crippen LogP contribution is 2.28. The first-order chi connectivity index (χ1) is 9.76. The van der Waals surface area contributed by atoms with Crippen molar-refractivity contribution in [2.24, 2.45) is 0 Å². The van der Waals surface area contributed by atoms with Crippen LogP contribution in [0.4, 0.5) is 0 Å². The Morgan fingerprint density at radius 3 is 2.85 bits per heavy atom. The summed E-state index contributed by atoms with van der Waals surface area (Å²) in [6, 6.07) is 6.34. The van der Waals surface area contributed by atoms with Gasteiger partial charge in [0.1, 0.15) is 11.5 Å². The molecule has 0 amide bonds. The highest BCUT2D eigenvalue weighted by molar-refractivity contribution is 5.76. The molecule has 1 unspecified atom stereocenters. The van der Waals surface area contributed by atoms with Gasteiger partial charge >= 0.3 is 5.97 Å². The van der Waals surface area contributed by atoms with Crippen LogP contribution in [-0.4, -0.2) is 31.8 Å². The lowest BCUT2D eigenvalue weighted by atomic mass is 10.1. The Labute approximate surface area is 118 Å². The van der Waals surface area contributed by atoms with E-state index in [0.717, 1.165) is 17.9 Å². The van der Waals surface area contributed by atoms with Crippen molar-refractivity contribution in [2.75, 3.05) is 13.7 Å². The summed E-state index contributed by atoms with van der Waals surface area (Å²) in [6.07, 6.45) is 2.58. The molecule has 1 heterocycles. The Balaban J connectivity index is 1.74. The molecule has 0 spiro atoms. The third kappa shape index (κ3) is 3.04. The van der Waals surface area contributed by atoms with Crippen molar-refractivity contribution in [3.63, 3.8) is 0 Å². The van der Waals surface area contributed by atoms with E-state index in [-0.39, 0.29) is 5.97 Å². The van der Waals surface area contributed by atoms with E-state index in [1.165, 1.54) is 12.8 Å². The zero-order valence-electron chi connectivity index (χ0n) is 11.6. The summed E-state index contributed by atoms with van der Waals surface area (Å²) in [7, 11) is 1.62. The number of carbonyl (C=O) groups is 1. The maximum Gasteiger partial charge on any atom is 0.347 e. The molecule has 0 radical (unpaired) electrons. The maximum absolute atomic E-state index is 11.5. The summed E-state index contributed by atoms with van der Waals surface area (Å²) >= 11 is 0. The summed E-state index contributed by atoms with van der Waals surface area (Å²) in [6.45, 7) is 1.18. The van der Waals surface area contributed by atoms with Crippen molar-refractivity contribution >= 4 is 5.97 Å². The van der Waals surface area contributed by atoms with Crippen LogP contribution in [0.25, 0.3) is 0 Å². The zero-order chi connectivity index (χ0) is 13.9. The molecule has 1 aliphatic heterocycles. The molecule has 20 heavy (non-hydrogen) atoms. The van der Waals surface area contributed by atoms with Gasteiger partial charge in [0.05, 0.1) is 13.7 Å². The van der Waals surface area contributed by atoms with Crippen LogP contribution >= 0.6 is 0 Å². The maximum atomic E-state index is 11.5. The summed E-state index contributed by atoms with van der Waals surface area (Å²) in [5.74, 6) is 1.14. The van der Waals surface area contributed by atoms with Gasteiger partial charge in [-0.1, -0.05) is 6.07 Å². The fourth-order valence-corrected chi connectivity index (χ4v) is 2.20. The van der Waals surface area contributed by atoms with Gasteiger partial charge in [0.2, 0.25) is 0 Å². The molecule has 5 heteroatoms. The van der Waals surface area contributed by atoms with Crippen LogP contribution in [0.15, 0.2) is 18.2 Å². The topological polar surface area (TPSA) is 56.8 Å². The molecule has 3 rings (SSSR count). The molecule has 1 N–H and O–H groups in total. The van der Waals surface area contributed by atoms with Gasteiger partial charge in [-0.05, 0) is 18.9 Å². The second-order valence-corrected chi connectivity index (χ2v) is 5.19. The number of hydrogen-bond donors (Lipinski definition) is 1. The molecule has 1 atom stereocenters. The molecule has 1 saturated carbocycles. The fraction of sp³-hybridized carbons (Fsp3) is 0.533. The Morgan fingerprint density at radius 1 is 1.35 bits per heavy atom. The van der Waals surface area contributed by atoms with Gasteiger partial charge in [-0.25, -0.2) is 4.79 Å². The minimum absolute atomic E-state index is 0.283. The second-order valence-electron chi connectivity index (χ2n) is 5.19. The average molecular weight is 277 g/mol. The molecule has 1 saturated heterocycles. The van der Waals surface area contributed by atoms with Gasteiger partial charge in [0.25, 0.3) is 0 Å². The molecule has 0 aromatic heterocycles. The smallest absolute Gasteiger partial charge is 0.347 e. The first-order valence-electron chi connectivity index (χ1n) is 7.00. The molecule has 1 aromatic rings. The van der Waals surface area contributed by atoms with E-state index in [0.29, 0.717) is 24.8 Å². The molecular weight excluding hydrogens is 258 g/mol. The van der Waals surface area contributed by atoms with Crippen LogP contribution in [0.3, 0.4) is 0 Å². The van der Waals surface area contributed by atoms with Crippen molar-refractivity contribution in [1.29, 1.82) is 0 Å². The number of esters is 1. The van der Waals surface area contributed by atoms with Crippen LogP contribution in [0.5, 0.6) is 11.5 Å². The number of rotatable bonds is 6. The number of nitrogens with one attached hydrogen (secondary N) is 1. The van der Waals surface area contributed by atoms with Crippen LogP contribution in [-0.2, 0) is 16.1 Å². The molecular formula is C15H19NO4. The lowest BCUT2D eigenvalue weighted by molar-refractivity contribution is -0.143. The molecule has 1 aromatic carbocycles. The first-order valence-corrected chi connectivity index (χ1v) is 7.00. The van der Waals surface area contributed by atoms with E-state index in [9.17, 15) is 4.79 Å². The van der Waals surface area contributed by atoms with Crippen LogP contribution in [0.2, 0.25) is 0 Å². The largest absolute Gasteiger partial charge is 0.497 e. The van der Waals surface area contributed by atoms with E-state index in [2.05, 4.69) is 5.32 Å². The minimum Gasteiger partial charge on any atom is -0.497 e. The van der Waals surface area contributed by atoms with Crippen molar-refractivity contribution in [2.45, 2.75) is 38.0 Å². The standard InChI is InChI=1S/C15H19NO4/c1-18-12-5-2-10(9-16-11-3-4-11)14(8-12)20-13-6-7-19-15(13)17/h2,5,8,11,13,16H,3-4,6-7,9H2,1H3. The van der Waals surface area contributed by atoms with E-state index >= 15 is 0 Å². The van der Waals surface area contributed by atoms with Gasteiger partial charge in [0, 0.05) is 30.6 Å². The Kier molecular flexibility index (Phi) is 3.78. The van der Waals surface area contributed by atoms with E-state index in [1.54, 1.807) is 7.11 Å². The predicted octanol–water partition coefficient (Wildman–Crippen LogP) is 1.64. The molecule has 0 bridgehead atoms. The number of carbonyl (C=O) groups excluding carboxylic acids is 1. The minimum atomic E-state index is -0.498. The molecule has 5 nitrogen and oxygen atoms in total. The van der Waals surface area contributed by atoms with Crippen molar-refractivity contribution < 1.29 is 19.0 Å². The van der Waals surface area contributed by atoms with Crippen molar-refractivity contribution in [3.05, 3.63) is 23.8 Å². The summed E-state index contributed by atoms with van der Waals surface area (Å²) in [4.78, 5) is 11.5. The quantitative estimate of drug-likeness (QED) is 0.801. The summed E-state index contributed by atoms with van der Waals surface area (Å²) in [5, 5.41) is 3.45. The van der Waals surface area contributed by atoms with Crippen LogP contribution in [0.1, 0.15) is 24.8 Å². The Bertz CT molecular complexity index is 499. The van der Waals surface area contributed by atoms with Gasteiger partial charge in [-0.15, -0.1) is 0 Å². The zero-order valence-corrected chi connectivity index (χ0v) is 11.6. The highest BCUT2D eigenvalue weighted by Gasteiger charge is 2.29. The van der Waals surface area contributed by atoms with Gasteiger partial charge in [-0.3, -0.25) is 0 Å². The molecule has 1 aliphatic carbocycles. The number of methoxy groups -OCH3 is 1. The Morgan fingerprint density at radius 2 is 2.20 bits per heavy atom. The van der Waals surface area contributed by atoms with E-state index in [1.807, 2.05) is 18.2 Å². The number of hydrogen-bond acceptors (Lipinski definition) is 5. The van der Waals surface area contributed by atoms with Gasteiger partial charge in [-0.2, -0.15) is 0 Å². The Hall–Kier alpha value is -1.75. The van der Waals surface area contributed by atoms with Crippen LogP contribution in [0, 0.1) is 0 Å². The summed E-state index contributed by atoms with van der Waals surface area (Å²) in [5.41, 5.74) is 1.04. The third-order valence-corrected chi connectivity index (χ3v) is 3.59. The van der Waals surface area contributed by atoms with Gasteiger partial charge in [0.15, 0.2) is 6.10 Å². The molecule has 2 aliphatic rings.